The van der Waals surface area contributed by atoms with Crippen LogP contribution in [0.15, 0.2) is 0 Å². The second-order valence-electron chi connectivity index (χ2n) is 25.2. The fraction of sp³-hybridized carbons (Fsp3) is 0.875. The molecule has 0 aromatic carbocycles. The van der Waals surface area contributed by atoms with E-state index in [-0.39, 0.29) is 0 Å². The Morgan fingerprint density at radius 3 is 0.606 bits per heavy atom. The Labute approximate surface area is 591 Å². The van der Waals surface area contributed by atoms with Crippen LogP contribution in [0, 0.1) is 0 Å². The average molecular weight is 1540 g/mol. The van der Waals surface area contributed by atoms with E-state index in [2.05, 4.69) is 37.2 Å². The van der Waals surface area contributed by atoms with E-state index < -0.39 is 313 Å². The van der Waals surface area contributed by atoms with Gasteiger partial charge in [-0.1, -0.05) is 0 Å². The van der Waals surface area contributed by atoms with Gasteiger partial charge < -0.3 is 181 Å². The molecule has 7 rings (SSSR count). The molecule has 7 saturated heterocycles. The Morgan fingerprint density at radius 1 is 0.269 bits per heavy atom. The highest BCUT2D eigenvalue weighted by molar-refractivity contribution is 7.79. The molecule has 7 heterocycles. The third kappa shape index (κ3) is 22.1. The molecule has 7 fully saturated rings. The Balaban J connectivity index is 0.00000328. The minimum absolute atomic E-state index is 0.718. The van der Waals surface area contributed by atoms with Gasteiger partial charge in [-0.15, -0.1) is 0 Å². The van der Waals surface area contributed by atoms with Crippen molar-refractivity contribution in [1.82, 2.24) is 37.2 Å². The van der Waals surface area contributed by atoms with Crippen molar-refractivity contribution in [3.63, 3.8) is 0 Å². The van der Waals surface area contributed by atoms with Crippen LogP contribution >= 0.6 is 0 Å². The van der Waals surface area contributed by atoms with Crippen molar-refractivity contribution in [3.8, 4) is 0 Å². The summed E-state index contributed by atoms with van der Waals surface area (Å²) in [5, 5.41) is 194. The number of carbonyl (C=O) groups is 7. The molecule has 0 aliphatic carbocycles. The summed E-state index contributed by atoms with van der Waals surface area (Å²) in [7, 11) is -4.67. The molecule has 35 atom stereocenters. The Kier molecular flexibility index (Phi) is 32.9. The van der Waals surface area contributed by atoms with Crippen LogP contribution in [0.25, 0.3) is 0 Å². The SMILES string of the molecule is CC(=O)N[C@@H]1[C@@H](O)[C@H](O[C@H]2O[C@H](CO)[C@@H](O[C@H]3O[C@H](CO)[C@@H](O[C@H]4O[C@H](CO)[C@@H](O[C@H]5O[C@H](CO)[C@@H](O[C@H]6O[C@H](CO)[C@@H](O[C@H]7O[C@H](CO)[C@@H](O)[C@H](O)[C@H]7NC(C)=O)[C@H](O)[C@H]6NC(C)=O)[C@H](O)[C@H]5NC(C)=O)[C@H](O)[C@H]4NC(C)=O)[C@H](O)[C@H]3NC(C)=O)[C@H](O)[C@H]2NC(C)=O)[C@@H](CO)O[C@@H]1O.O=S(=O)(O)O. The van der Waals surface area contributed by atoms with E-state index in [0.29, 0.717) is 0 Å². The first-order valence-corrected chi connectivity index (χ1v) is 33.7. The first-order chi connectivity index (χ1) is 48.7. The zero-order chi connectivity index (χ0) is 77.8. The van der Waals surface area contributed by atoms with Crippen molar-refractivity contribution in [2.24, 2.45) is 0 Å². The summed E-state index contributed by atoms with van der Waals surface area (Å²) in [4.78, 5) is 88.3. The maximum Gasteiger partial charge on any atom is 0.394 e. The molecule has 7 aliphatic heterocycles. The zero-order valence-electron chi connectivity index (χ0n) is 56.6. The lowest BCUT2D eigenvalue weighted by Gasteiger charge is -2.52. The summed E-state index contributed by atoms with van der Waals surface area (Å²) < 4.78 is 109. The van der Waals surface area contributed by atoms with Crippen molar-refractivity contribution in [2.45, 2.75) is 263 Å². The standard InChI is InChI=1S/C56H93N7O36.H2O4S/c1-15(71)57-29-38(80)44(23(9-65)87-50(29)86)94-52-31(59-17(3)73)40(82)46(25(11-67)89-52)96-54-33(61-19(5)75)42(84)48(27(13-69)91-54)98-56-35(63-21(7)77)43(85)49(28(14-70)93-56)99-55-34(62-20(6)76)41(83)47(26(12-68)92-55)97-53-32(60-18(4)74)39(81)45(24(10-66)90-53)95-51-30(58-16(2)72)37(79)36(78)22(8-64)88-51;1-5(2,3)4/h22-56,64-70,78-86H,8-14H2,1-7H3,(H,57,71)(H,58,72)(H,59,73)(H,60,74)(H,61,75)(H,62,76)(H,63,77);(H2,1,2,3,4)/t22-,23-,24-,25-,26-,27-,28-,29-,30-,31-,32-,33-,34-,35-,36-,37-,38-,39-,40-,41-,42-,43-,44-,45-,46-,47-,48-,49-,50+,51-,52-,53-,54-,55-,56-;/m1./s1. The minimum atomic E-state index is -4.67. The van der Waals surface area contributed by atoms with Gasteiger partial charge in [-0.2, -0.15) is 8.42 Å². The molecule has 104 heavy (non-hydrogen) atoms. The first kappa shape index (κ1) is 87.9. The molecule has 600 valence electrons. The number of rotatable bonds is 26. The van der Waals surface area contributed by atoms with Crippen molar-refractivity contribution in [3.05, 3.63) is 0 Å². The third-order valence-electron chi connectivity index (χ3n) is 17.4. The lowest BCUT2D eigenvalue weighted by Crippen LogP contribution is -2.72. The Hall–Kier alpha value is -5.00. The third-order valence-corrected chi connectivity index (χ3v) is 17.4. The topological polar surface area (TPSA) is 722 Å². The molecule has 0 spiro atoms. The lowest BCUT2D eigenvalue weighted by atomic mass is 9.92. The van der Waals surface area contributed by atoms with Gasteiger partial charge in [-0.05, 0) is 0 Å². The van der Waals surface area contributed by atoms with E-state index in [1.54, 1.807) is 0 Å². The van der Waals surface area contributed by atoms with Crippen LogP contribution in [-0.2, 0) is 106 Å². The Morgan fingerprint density at radius 2 is 0.423 bits per heavy atom. The molecule has 48 heteroatoms. The maximum atomic E-state index is 13.0. The number of amides is 7. The summed E-state index contributed by atoms with van der Waals surface area (Å²) in [5.74, 6) is -5.75. The van der Waals surface area contributed by atoms with Gasteiger partial charge in [0.25, 0.3) is 0 Å². The van der Waals surface area contributed by atoms with Gasteiger partial charge in [0.15, 0.2) is 44.0 Å². The van der Waals surface area contributed by atoms with E-state index >= 15 is 0 Å². The van der Waals surface area contributed by atoms with Crippen molar-refractivity contribution in [2.75, 3.05) is 46.2 Å². The molecular formula is C56H95N7O40S. The van der Waals surface area contributed by atoms with E-state index in [0.717, 1.165) is 48.5 Å². The predicted molar refractivity (Wildman–Crippen MR) is 327 cm³/mol. The monoisotopic (exact) mass is 1540 g/mol. The number of nitrogens with one attached hydrogen (secondary N) is 7. The van der Waals surface area contributed by atoms with E-state index in [1.165, 1.54) is 0 Å². The number of carbonyl (C=O) groups excluding carboxylic acids is 7. The molecule has 0 bridgehead atoms. The summed E-state index contributed by atoms with van der Waals surface area (Å²) in [6, 6.07) is -12.1. The number of aliphatic hydroxyl groups excluding tert-OH is 16. The number of aliphatic hydroxyl groups is 16. The molecule has 0 saturated carbocycles. The largest absolute Gasteiger partial charge is 0.394 e. The number of hydrogen-bond acceptors (Lipinski definition) is 38. The number of hydrogen-bond donors (Lipinski definition) is 25. The lowest BCUT2D eigenvalue weighted by molar-refractivity contribution is -0.372. The first-order valence-electron chi connectivity index (χ1n) is 32.3. The van der Waals surface area contributed by atoms with Gasteiger partial charge in [0, 0.05) is 48.5 Å². The summed E-state index contributed by atoms with van der Waals surface area (Å²) in [6.45, 7) is 0.0849. The molecule has 0 aromatic heterocycles. The summed E-state index contributed by atoms with van der Waals surface area (Å²) in [5.41, 5.74) is 0. The molecule has 7 amide bonds. The van der Waals surface area contributed by atoms with E-state index in [1.807, 2.05) is 0 Å². The van der Waals surface area contributed by atoms with Gasteiger partial charge in [0.1, 0.15) is 170 Å². The second-order valence-corrected chi connectivity index (χ2v) is 26.1. The van der Waals surface area contributed by atoms with Crippen molar-refractivity contribution < 1.29 is 194 Å². The van der Waals surface area contributed by atoms with Gasteiger partial charge in [0.2, 0.25) is 41.4 Å². The van der Waals surface area contributed by atoms with E-state index in [4.69, 9.17) is 79.1 Å². The molecule has 7 aliphatic rings. The maximum absolute atomic E-state index is 13.0. The van der Waals surface area contributed by atoms with Crippen LogP contribution < -0.4 is 37.2 Å². The summed E-state index contributed by atoms with van der Waals surface area (Å²) in [6.07, 6.45) is -52.0. The second kappa shape index (κ2) is 38.9. The number of ether oxygens (including phenoxy) is 13. The quantitative estimate of drug-likeness (QED) is 0.0358. The van der Waals surface area contributed by atoms with Crippen LogP contribution in [0.3, 0.4) is 0 Å². The minimum Gasteiger partial charge on any atom is -0.394 e. The van der Waals surface area contributed by atoms with Crippen LogP contribution in [0.1, 0.15) is 48.5 Å². The highest BCUT2D eigenvalue weighted by Gasteiger charge is 2.60. The molecule has 0 unspecified atom stereocenters. The smallest absolute Gasteiger partial charge is 0.394 e. The molecule has 0 radical (unpaired) electrons. The van der Waals surface area contributed by atoms with Gasteiger partial charge in [-0.3, -0.25) is 42.7 Å². The Bertz CT molecular complexity index is 2940. The normalized spacial score (nSPS) is 42.6. The molecular weight excluding hydrogens is 1440 g/mol. The van der Waals surface area contributed by atoms with Crippen LogP contribution in [0.2, 0.25) is 0 Å². The highest BCUT2D eigenvalue weighted by Crippen LogP contribution is 2.38. The van der Waals surface area contributed by atoms with Crippen molar-refractivity contribution >= 4 is 51.7 Å². The van der Waals surface area contributed by atoms with Crippen LogP contribution in [0.4, 0.5) is 0 Å². The van der Waals surface area contributed by atoms with Gasteiger partial charge >= 0.3 is 10.4 Å². The van der Waals surface area contributed by atoms with Crippen LogP contribution in [0.5, 0.6) is 0 Å². The zero-order valence-corrected chi connectivity index (χ0v) is 57.4. The molecule has 47 nitrogen and oxygen atoms in total. The fourth-order valence-electron chi connectivity index (χ4n) is 12.9. The van der Waals surface area contributed by atoms with Crippen molar-refractivity contribution in [1.29, 1.82) is 0 Å². The molecule has 25 N–H and O–H groups in total. The summed E-state index contributed by atoms with van der Waals surface area (Å²) >= 11 is 0. The fourth-order valence-corrected chi connectivity index (χ4v) is 12.9. The van der Waals surface area contributed by atoms with Gasteiger partial charge in [0.05, 0.1) is 46.2 Å². The van der Waals surface area contributed by atoms with E-state index in [9.17, 15) is 115 Å². The average Bonchev–Trinajstić information content (AvgIpc) is 0.779. The molecule has 0 aromatic rings. The highest BCUT2D eigenvalue weighted by atomic mass is 32.3. The van der Waals surface area contributed by atoms with Gasteiger partial charge in [-0.25, -0.2) is 0 Å². The van der Waals surface area contributed by atoms with Crippen LogP contribution in [-0.4, -0.2) is 401 Å². The predicted octanol–water partition coefficient (Wildman–Crippen LogP) is -15.9.